The Morgan fingerprint density at radius 1 is 0.696 bits per heavy atom. The van der Waals surface area contributed by atoms with Crippen molar-refractivity contribution in [1.29, 1.82) is 0 Å². The number of hydrogen-bond acceptors (Lipinski definition) is 4. The minimum absolute atomic E-state index is 0. The molecule has 0 aliphatic carbocycles. The molecule has 0 aliphatic heterocycles. The fourth-order valence-corrected chi connectivity index (χ4v) is 9.18. The molecule has 0 bridgehead atoms. The fourth-order valence-electron chi connectivity index (χ4n) is 5.87. The number of benzene rings is 5. The summed E-state index contributed by atoms with van der Waals surface area (Å²) in [6.07, 6.45) is 1.83. The van der Waals surface area contributed by atoms with E-state index in [-0.39, 0.29) is 26.5 Å². The van der Waals surface area contributed by atoms with Crippen LogP contribution in [-0.4, -0.2) is 21.6 Å². The van der Waals surface area contributed by atoms with Crippen LogP contribution >= 0.6 is 7.05 Å². The van der Waals surface area contributed by atoms with E-state index in [4.69, 9.17) is 19.4 Å². The van der Waals surface area contributed by atoms with Crippen LogP contribution in [0.15, 0.2) is 132 Å². The van der Waals surface area contributed by atoms with Gasteiger partial charge in [0.1, 0.15) is 0 Å². The van der Waals surface area contributed by atoms with Crippen LogP contribution in [0.1, 0.15) is 26.5 Å². The third-order valence-corrected chi connectivity index (χ3v) is 11.7. The molecule has 7 rings (SSSR count). The van der Waals surface area contributed by atoms with Crippen LogP contribution in [-0.2, 0) is 26.5 Å². The summed E-state index contributed by atoms with van der Waals surface area (Å²) in [4.78, 5) is 9.68. The normalized spacial score (nSPS) is 11.7. The van der Waals surface area contributed by atoms with E-state index >= 15 is 0 Å². The van der Waals surface area contributed by atoms with Gasteiger partial charge in [0.2, 0.25) is 5.95 Å². The standard InChI is InChI=1S/C39H33N4OP.Pt/c1-39(2,3)37-24-25-41-38(42-37)43-35-21-12-11-20-33(35)34-23-22-29(27-36(34)43)44-28-14-13-19-32(26-28)45(40-4,30-15-7-5-8-16-30)31-17-9-6-10-18-31;/h5-25H,1-4H3;/q-2;+2. The molecule has 0 spiro atoms. The monoisotopic (exact) mass is 799 g/mol. The van der Waals surface area contributed by atoms with Gasteiger partial charge in [-0.2, -0.15) is 18.2 Å². The molecule has 2 heterocycles. The Kier molecular flexibility index (Phi) is 8.84. The minimum Gasteiger partial charge on any atom is -0.509 e. The largest absolute Gasteiger partial charge is 2.00 e. The molecule has 7 aromatic rings. The third-order valence-electron chi connectivity index (χ3n) is 8.05. The second-order valence-corrected chi connectivity index (χ2v) is 15.1. The molecule has 0 fully saturated rings. The molecule has 0 saturated carbocycles. The van der Waals surface area contributed by atoms with E-state index in [2.05, 4.69) is 116 Å². The molecule has 2 aromatic heterocycles. The Hall–Kier alpha value is -4.30. The van der Waals surface area contributed by atoms with Crippen LogP contribution < -0.4 is 20.7 Å². The molecule has 0 atom stereocenters. The van der Waals surface area contributed by atoms with Gasteiger partial charge in [-0.05, 0) is 28.1 Å². The van der Waals surface area contributed by atoms with Gasteiger partial charge in [0.25, 0.3) is 0 Å². The second-order valence-electron chi connectivity index (χ2n) is 11.9. The second kappa shape index (κ2) is 12.8. The average molecular weight is 800 g/mol. The van der Waals surface area contributed by atoms with Gasteiger partial charge in [-0.25, -0.2) is 9.97 Å². The van der Waals surface area contributed by atoms with Gasteiger partial charge in [-0.15, -0.1) is 35.0 Å². The van der Waals surface area contributed by atoms with E-state index in [9.17, 15) is 0 Å². The number of rotatable bonds is 6. The molecular formula is C39H33N4OPPt. The molecule has 0 saturated heterocycles. The first kappa shape index (κ1) is 31.7. The van der Waals surface area contributed by atoms with E-state index in [1.54, 1.807) is 0 Å². The van der Waals surface area contributed by atoms with E-state index in [1.165, 1.54) is 10.6 Å². The van der Waals surface area contributed by atoms with Crippen molar-refractivity contribution >= 4 is 44.8 Å². The number of nitrogens with zero attached hydrogens (tertiary/aromatic N) is 4. The van der Waals surface area contributed by atoms with Crippen molar-refractivity contribution in [1.82, 2.24) is 14.5 Å². The van der Waals surface area contributed by atoms with Crippen LogP contribution in [0, 0.1) is 12.1 Å². The number of ether oxygens (including phenoxy) is 1. The zero-order chi connectivity index (χ0) is 31.0. The maximum absolute atomic E-state index is 6.51. The Balaban J connectivity index is 0.00000372. The van der Waals surface area contributed by atoms with Crippen LogP contribution in [0.4, 0.5) is 0 Å². The van der Waals surface area contributed by atoms with Crippen LogP contribution in [0.5, 0.6) is 11.5 Å². The predicted molar refractivity (Wildman–Crippen MR) is 186 cm³/mol. The first-order valence-electron chi connectivity index (χ1n) is 15.0. The maximum atomic E-state index is 6.51. The molecule has 5 nitrogen and oxygen atoms in total. The molecule has 46 heavy (non-hydrogen) atoms. The zero-order valence-corrected chi connectivity index (χ0v) is 29.3. The molecule has 0 amide bonds. The van der Waals surface area contributed by atoms with Crippen molar-refractivity contribution in [3.63, 3.8) is 0 Å². The summed E-state index contributed by atoms with van der Waals surface area (Å²) in [5.74, 6) is 1.81. The molecule has 0 aliphatic rings. The SMILES string of the molecule is CN=P(c1[c-]c(Oc2[c-]c3c(cc2)c2ccccc2n3-c2nccc(C(C)(C)C)n2)ccc1)(c1ccccc1)c1ccccc1.[Pt+2]. The molecule has 0 unspecified atom stereocenters. The smallest absolute Gasteiger partial charge is 0.509 e. The van der Waals surface area contributed by atoms with Crippen molar-refractivity contribution in [2.75, 3.05) is 7.05 Å². The van der Waals surface area contributed by atoms with Gasteiger partial charge >= 0.3 is 21.1 Å². The van der Waals surface area contributed by atoms with Crippen molar-refractivity contribution in [2.24, 2.45) is 4.74 Å². The van der Waals surface area contributed by atoms with Crippen LogP contribution in [0.25, 0.3) is 27.8 Å². The number of para-hydroxylation sites is 1. The van der Waals surface area contributed by atoms with E-state index in [0.29, 0.717) is 17.4 Å². The first-order valence-corrected chi connectivity index (χ1v) is 16.7. The third kappa shape index (κ3) is 5.64. The van der Waals surface area contributed by atoms with Gasteiger partial charge in [0.15, 0.2) is 0 Å². The van der Waals surface area contributed by atoms with Gasteiger partial charge in [-0.1, -0.05) is 105 Å². The Morgan fingerprint density at radius 3 is 2.02 bits per heavy atom. The molecule has 0 radical (unpaired) electrons. The van der Waals surface area contributed by atoms with Gasteiger partial charge < -0.3 is 9.30 Å². The zero-order valence-electron chi connectivity index (χ0n) is 26.1. The van der Waals surface area contributed by atoms with E-state index in [1.807, 2.05) is 55.7 Å². The summed E-state index contributed by atoms with van der Waals surface area (Å²) in [7, 11) is -0.424. The van der Waals surface area contributed by atoms with E-state index < -0.39 is 7.05 Å². The summed E-state index contributed by atoms with van der Waals surface area (Å²) >= 11 is 0. The first-order chi connectivity index (χ1) is 21.9. The summed E-state index contributed by atoms with van der Waals surface area (Å²) < 4.78 is 13.7. The molecule has 0 N–H and O–H groups in total. The number of hydrogen-bond donors (Lipinski definition) is 0. The molecule has 7 heteroatoms. The summed E-state index contributed by atoms with van der Waals surface area (Å²) in [6.45, 7) is 6.48. The number of fused-ring (bicyclic) bond motifs is 3. The van der Waals surface area contributed by atoms with Gasteiger partial charge in [0.05, 0.1) is 5.69 Å². The Labute approximate surface area is 284 Å². The van der Waals surface area contributed by atoms with E-state index in [0.717, 1.165) is 32.8 Å². The number of aromatic nitrogens is 3. The van der Waals surface area contributed by atoms with Crippen LogP contribution in [0.2, 0.25) is 0 Å². The van der Waals surface area contributed by atoms with Crippen molar-refractivity contribution in [3.05, 3.63) is 145 Å². The topological polar surface area (TPSA) is 52.3 Å². The molecular weight excluding hydrogens is 767 g/mol. The Bertz CT molecular complexity index is 2160. The Morgan fingerprint density at radius 2 is 1.35 bits per heavy atom. The van der Waals surface area contributed by atoms with Crippen molar-refractivity contribution < 1.29 is 25.8 Å². The quantitative estimate of drug-likeness (QED) is 0.126. The fraction of sp³-hybridized carbons (Fsp3) is 0.128. The summed E-state index contributed by atoms with van der Waals surface area (Å²) in [6, 6.07) is 48.6. The maximum Gasteiger partial charge on any atom is 2.00 e. The predicted octanol–water partition coefficient (Wildman–Crippen LogP) is 8.37. The minimum atomic E-state index is -2.33. The van der Waals surface area contributed by atoms with Crippen molar-refractivity contribution in [2.45, 2.75) is 26.2 Å². The van der Waals surface area contributed by atoms with Gasteiger partial charge in [-0.3, -0.25) is 4.74 Å². The van der Waals surface area contributed by atoms with Crippen molar-refractivity contribution in [3.8, 4) is 17.4 Å². The summed E-state index contributed by atoms with van der Waals surface area (Å²) in [5, 5.41) is 5.51. The average Bonchev–Trinajstić information content (AvgIpc) is 3.40. The molecule has 5 aromatic carbocycles. The molecule has 230 valence electrons. The van der Waals surface area contributed by atoms with Crippen LogP contribution in [0.3, 0.4) is 0 Å². The summed E-state index contributed by atoms with van der Waals surface area (Å²) in [5.41, 5.74) is 2.74. The van der Waals surface area contributed by atoms with Gasteiger partial charge in [0, 0.05) is 42.7 Å².